The number of nitrogens with one attached hydrogen (secondary N) is 1. The summed E-state index contributed by atoms with van der Waals surface area (Å²) in [5.41, 5.74) is 2.27. The molecule has 1 N–H and O–H groups in total. The number of imidazole rings is 1. The molecular formula is C20H19BrN4O. The molecule has 4 rings (SSSR count). The van der Waals surface area contributed by atoms with E-state index in [2.05, 4.69) is 33.2 Å². The molecule has 3 heterocycles. The molecule has 0 unspecified atom stereocenters. The van der Waals surface area contributed by atoms with E-state index in [1.54, 1.807) is 0 Å². The van der Waals surface area contributed by atoms with Crippen LogP contribution in [0.15, 0.2) is 58.1 Å². The Hall–Kier alpha value is -2.47. The van der Waals surface area contributed by atoms with Gasteiger partial charge in [0.05, 0.1) is 0 Å². The zero-order valence-electron chi connectivity index (χ0n) is 14.4. The molecule has 1 aromatic carbocycles. The minimum Gasteiger partial charge on any atom is -0.323 e. The zero-order chi connectivity index (χ0) is 18.1. The van der Waals surface area contributed by atoms with Gasteiger partial charge in [0, 0.05) is 16.2 Å². The van der Waals surface area contributed by atoms with Crippen molar-refractivity contribution in [2.24, 2.45) is 4.99 Å². The molecule has 0 saturated carbocycles. The number of Topliss-reactive ketones (excluding diaryl/α,β-unsaturated/α-hetero) is 1. The molecular weight excluding hydrogens is 392 g/mol. The van der Waals surface area contributed by atoms with Crippen LogP contribution in [0.2, 0.25) is 0 Å². The molecule has 0 saturated heterocycles. The number of fused-ring (bicyclic) bond motifs is 3. The standard InChI is InChI=1S/C20H19BrN4O/c1-2-3-6-15-18(26)17-20(23-16-7-4-5-12-25(16)17)24-19(22-15)13-8-10-14(21)11-9-13/h4-5,7-12,15H,2-3,6H2,1H3,(H,22,24)/t15-/m0/s1. The molecule has 0 aliphatic carbocycles. The summed E-state index contributed by atoms with van der Waals surface area (Å²) >= 11 is 3.46. The van der Waals surface area contributed by atoms with E-state index in [4.69, 9.17) is 4.99 Å². The van der Waals surface area contributed by atoms with E-state index in [1.807, 2.05) is 53.1 Å². The van der Waals surface area contributed by atoms with E-state index < -0.39 is 6.04 Å². The smallest absolute Gasteiger partial charge is 0.207 e. The van der Waals surface area contributed by atoms with Crippen molar-refractivity contribution in [3.63, 3.8) is 0 Å². The van der Waals surface area contributed by atoms with Crippen molar-refractivity contribution in [3.8, 4) is 0 Å². The third-order valence-electron chi connectivity index (χ3n) is 4.54. The maximum atomic E-state index is 13.2. The Kier molecular flexibility index (Phi) is 4.59. The van der Waals surface area contributed by atoms with Gasteiger partial charge in [-0.25, -0.2) is 4.98 Å². The molecule has 0 bridgehead atoms. The molecule has 0 radical (unpaired) electrons. The summed E-state index contributed by atoms with van der Waals surface area (Å²) in [6.45, 7) is 2.12. The highest BCUT2D eigenvalue weighted by Crippen LogP contribution is 2.26. The lowest BCUT2D eigenvalue weighted by atomic mass is 10.0. The Morgan fingerprint density at radius 1 is 1.19 bits per heavy atom. The summed E-state index contributed by atoms with van der Waals surface area (Å²) in [7, 11) is 0. The summed E-state index contributed by atoms with van der Waals surface area (Å²) in [5.74, 6) is 1.28. The molecule has 3 aromatic rings. The predicted octanol–water partition coefficient (Wildman–Crippen LogP) is 4.71. The number of pyridine rings is 1. The van der Waals surface area contributed by atoms with Crippen molar-refractivity contribution in [2.45, 2.75) is 32.2 Å². The highest BCUT2D eigenvalue weighted by molar-refractivity contribution is 9.10. The fourth-order valence-electron chi connectivity index (χ4n) is 3.18. The second-order valence-corrected chi connectivity index (χ2v) is 7.29. The van der Waals surface area contributed by atoms with Gasteiger partial charge in [-0.2, -0.15) is 0 Å². The summed E-state index contributed by atoms with van der Waals surface area (Å²) in [4.78, 5) is 22.6. The number of aromatic nitrogens is 2. The molecule has 6 heteroatoms. The topological polar surface area (TPSA) is 58.8 Å². The largest absolute Gasteiger partial charge is 0.323 e. The van der Waals surface area contributed by atoms with Gasteiger partial charge in [0.25, 0.3) is 0 Å². The van der Waals surface area contributed by atoms with Gasteiger partial charge in [-0.1, -0.05) is 53.9 Å². The van der Waals surface area contributed by atoms with Crippen LogP contribution in [0, 0.1) is 0 Å². The van der Waals surface area contributed by atoms with Crippen LogP contribution in [0.3, 0.4) is 0 Å². The molecule has 5 nitrogen and oxygen atoms in total. The molecule has 1 atom stereocenters. The molecule has 132 valence electrons. The molecule has 0 amide bonds. The van der Waals surface area contributed by atoms with Gasteiger partial charge < -0.3 is 5.32 Å². The molecule has 26 heavy (non-hydrogen) atoms. The fourth-order valence-corrected chi connectivity index (χ4v) is 3.45. The lowest BCUT2D eigenvalue weighted by molar-refractivity contribution is 0.0953. The number of benzene rings is 1. The van der Waals surface area contributed by atoms with Crippen molar-refractivity contribution >= 4 is 39.0 Å². The number of hydrogen-bond donors (Lipinski definition) is 1. The van der Waals surface area contributed by atoms with E-state index in [0.717, 1.165) is 34.9 Å². The SMILES string of the molecule is CCCC[C@@H]1N=C(c2ccc(Br)cc2)Nc2nc3ccccn3c2C1=O. The van der Waals surface area contributed by atoms with Gasteiger partial charge in [-0.05, 0) is 30.7 Å². The van der Waals surface area contributed by atoms with Gasteiger partial charge in [0.1, 0.15) is 23.2 Å². The van der Waals surface area contributed by atoms with Crippen LogP contribution >= 0.6 is 15.9 Å². The minimum atomic E-state index is -0.401. The summed E-state index contributed by atoms with van der Waals surface area (Å²) in [6.07, 6.45) is 4.60. The second-order valence-electron chi connectivity index (χ2n) is 6.37. The van der Waals surface area contributed by atoms with Crippen molar-refractivity contribution in [1.82, 2.24) is 9.38 Å². The Balaban J connectivity index is 1.85. The number of hydrogen-bond acceptors (Lipinski definition) is 4. The van der Waals surface area contributed by atoms with Crippen LogP contribution in [0.1, 0.15) is 42.2 Å². The number of amidine groups is 1. The van der Waals surface area contributed by atoms with E-state index in [9.17, 15) is 4.79 Å². The number of carbonyl (C=O) groups excluding carboxylic acids is 1. The van der Waals surface area contributed by atoms with Gasteiger partial charge in [0.15, 0.2) is 5.82 Å². The van der Waals surface area contributed by atoms with Crippen molar-refractivity contribution in [2.75, 3.05) is 5.32 Å². The van der Waals surface area contributed by atoms with E-state index in [1.165, 1.54) is 0 Å². The number of unbranched alkanes of at least 4 members (excludes halogenated alkanes) is 1. The normalized spacial score (nSPS) is 16.8. The lowest BCUT2D eigenvalue weighted by Crippen LogP contribution is -2.21. The molecule has 0 spiro atoms. The average molecular weight is 411 g/mol. The highest BCUT2D eigenvalue weighted by atomic mass is 79.9. The third-order valence-corrected chi connectivity index (χ3v) is 5.07. The first-order valence-corrected chi connectivity index (χ1v) is 9.58. The van der Waals surface area contributed by atoms with E-state index in [0.29, 0.717) is 17.3 Å². The van der Waals surface area contributed by atoms with Crippen molar-refractivity contribution < 1.29 is 4.79 Å². The minimum absolute atomic E-state index is 0.0201. The van der Waals surface area contributed by atoms with Crippen molar-refractivity contribution in [1.29, 1.82) is 0 Å². The number of anilines is 1. The lowest BCUT2D eigenvalue weighted by Gasteiger charge is -2.11. The Labute approximate surface area is 160 Å². The summed E-state index contributed by atoms with van der Waals surface area (Å²) < 4.78 is 2.85. The fraction of sp³-hybridized carbons (Fsp3) is 0.250. The Morgan fingerprint density at radius 2 is 2.00 bits per heavy atom. The quantitative estimate of drug-likeness (QED) is 0.677. The zero-order valence-corrected chi connectivity index (χ0v) is 16.0. The summed E-state index contributed by atoms with van der Waals surface area (Å²) in [5, 5.41) is 3.30. The van der Waals surface area contributed by atoms with Crippen LogP contribution in [0.25, 0.3) is 5.65 Å². The first-order valence-electron chi connectivity index (χ1n) is 8.79. The van der Waals surface area contributed by atoms with Crippen LogP contribution in [-0.4, -0.2) is 27.0 Å². The van der Waals surface area contributed by atoms with Crippen LogP contribution in [0.5, 0.6) is 0 Å². The van der Waals surface area contributed by atoms with Gasteiger partial charge in [0.2, 0.25) is 5.78 Å². The second kappa shape index (κ2) is 7.03. The first kappa shape index (κ1) is 17.0. The number of halogens is 1. The number of ketones is 1. The van der Waals surface area contributed by atoms with Crippen LogP contribution in [0.4, 0.5) is 5.82 Å². The number of carbonyl (C=O) groups is 1. The highest BCUT2D eigenvalue weighted by Gasteiger charge is 2.30. The Morgan fingerprint density at radius 3 is 2.77 bits per heavy atom. The first-order chi connectivity index (χ1) is 12.7. The van der Waals surface area contributed by atoms with E-state index >= 15 is 0 Å². The monoisotopic (exact) mass is 410 g/mol. The molecule has 0 fully saturated rings. The predicted molar refractivity (Wildman–Crippen MR) is 107 cm³/mol. The number of nitrogens with zero attached hydrogens (tertiary/aromatic N) is 3. The molecule has 2 aromatic heterocycles. The van der Waals surface area contributed by atoms with Crippen molar-refractivity contribution in [3.05, 3.63) is 64.4 Å². The number of rotatable bonds is 4. The maximum Gasteiger partial charge on any atom is 0.207 e. The molecule has 1 aliphatic heterocycles. The number of aliphatic imine (C=N–C) groups is 1. The summed E-state index contributed by atoms with van der Waals surface area (Å²) in [6, 6.07) is 13.2. The van der Waals surface area contributed by atoms with Gasteiger partial charge >= 0.3 is 0 Å². The van der Waals surface area contributed by atoms with Crippen LogP contribution in [-0.2, 0) is 0 Å². The van der Waals surface area contributed by atoms with Gasteiger partial charge in [-0.15, -0.1) is 0 Å². The van der Waals surface area contributed by atoms with E-state index in [-0.39, 0.29) is 5.78 Å². The Bertz CT molecular complexity index is 991. The maximum absolute atomic E-state index is 13.2. The van der Waals surface area contributed by atoms with Crippen LogP contribution < -0.4 is 5.32 Å². The van der Waals surface area contributed by atoms with Gasteiger partial charge in [-0.3, -0.25) is 14.2 Å². The third kappa shape index (κ3) is 3.05. The average Bonchev–Trinajstić information content (AvgIpc) is 2.95. The molecule has 1 aliphatic rings.